The molecule has 3 aromatic rings. The molecule has 1 aromatic carbocycles. The molecular weight excluding hydrogens is 394 g/mol. The average Bonchev–Trinajstić information content (AvgIpc) is 3.43. The van der Waals surface area contributed by atoms with Crippen LogP contribution in [0.15, 0.2) is 34.9 Å². The molecular formula is C19H19N5O4S. The molecule has 29 heavy (non-hydrogen) atoms. The number of amides is 2. The first-order chi connectivity index (χ1) is 13.8. The number of likely N-dealkylation sites (N-methyl/N-ethyl adjacent to an activating group) is 1. The maximum Gasteiger partial charge on any atom is 0.268 e. The Morgan fingerprint density at radius 1 is 1.38 bits per heavy atom. The molecule has 1 aliphatic heterocycles. The number of hydrogen-bond donors (Lipinski definition) is 3. The number of aromatic nitrogens is 2. The minimum absolute atomic E-state index is 0.114. The predicted octanol–water partition coefficient (Wildman–Crippen LogP) is 1.07. The van der Waals surface area contributed by atoms with Crippen molar-refractivity contribution in [1.29, 1.82) is 0 Å². The minimum Gasteiger partial charge on any atom is -0.373 e. The van der Waals surface area contributed by atoms with Crippen LogP contribution in [-0.4, -0.2) is 45.6 Å². The zero-order valence-corrected chi connectivity index (χ0v) is 16.4. The average molecular weight is 413 g/mol. The molecule has 9 nitrogen and oxygen atoms in total. The molecule has 1 aliphatic rings. The van der Waals surface area contributed by atoms with Crippen molar-refractivity contribution in [2.24, 2.45) is 11.5 Å². The van der Waals surface area contributed by atoms with Crippen LogP contribution in [0, 0.1) is 0 Å². The van der Waals surface area contributed by atoms with Gasteiger partial charge >= 0.3 is 0 Å². The molecule has 0 unspecified atom stereocenters. The van der Waals surface area contributed by atoms with Gasteiger partial charge in [0.25, 0.3) is 11.8 Å². The molecule has 1 fully saturated rings. The van der Waals surface area contributed by atoms with Crippen LogP contribution < -0.4 is 11.5 Å². The van der Waals surface area contributed by atoms with E-state index in [2.05, 4.69) is 10.1 Å². The molecule has 0 saturated carbocycles. The van der Waals surface area contributed by atoms with E-state index in [-0.39, 0.29) is 24.4 Å². The lowest BCUT2D eigenvalue weighted by Crippen LogP contribution is -2.35. The van der Waals surface area contributed by atoms with Crippen LogP contribution >= 0.6 is 11.3 Å². The van der Waals surface area contributed by atoms with Gasteiger partial charge in [0, 0.05) is 43.8 Å². The molecule has 0 aliphatic carbocycles. The third-order valence-corrected chi connectivity index (χ3v) is 6.08. The molecule has 2 amide bonds. The van der Waals surface area contributed by atoms with Gasteiger partial charge in [-0.15, -0.1) is 11.3 Å². The Kier molecular flexibility index (Phi) is 4.69. The van der Waals surface area contributed by atoms with Crippen LogP contribution in [0.25, 0.3) is 21.8 Å². The van der Waals surface area contributed by atoms with Crippen molar-refractivity contribution >= 4 is 23.2 Å². The topological polar surface area (TPSA) is 149 Å². The first kappa shape index (κ1) is 19.2. The lowest BCUT2D eigenvalue weighted by atomic mass is 9.98. The van der Waals surface area contributed by atoms with Gasteiger partial charge in [-0.3, -0.25) is 9.59 Å². The number of carbonyl (C=O) groups excluding carboxylic acids is 2. The number of benzene rings is 1. The van der Waals surface area contributed by atoms with E-state index in [1.807, 2.05) is 24.3 Å². The van der Waals surface area contributed by atoms with E-state index in [9.17, 15) is 14.7 Å². The van der Waals surface area contributed by atoms with E-state index in [0.717, 1.165) is 5.56 Å². The van der Waals surface area contributed by atoms with Gasteiger partial charge in [0.15, 0.2) is 5.76 Å². The molecule has 0 radical (unpaired) electrons. The van der Waals surface area contributed by atoms with Crippen LogP contribution in [0.5, 0.6) is 0 Å². The van der Waals surface area contributed by atoms with Gasteiger partial charge in [0.1, 0.15) is 16.4 Å². The number of aliphatic hydroxyl groups is 1. The number of rotatable bonds is 5. The molecule has 1 atom stereocenters. The fourth-order valence-electron chi connectivity index (χ4n) is 3.31. The van der Waals surface area contributed by atoms with Crippen molar-refractivity contribution in [2.45, 2.75) is 18.6 Å². The van der Waals surface area contributed by atoms with Crippen LogP contribution in [0.4, 0.5) is 0 Å². The summed E-state index contributed by atoms with van der Waals surface area (Å²) in [7, 11) is 1.63. The number of nitrogens with two attached hydrogens (primary N) is 2. The number of primary amides is 1. The molecule has 3 heterocycles. The van der Waals surface area contributed by atoms with E-state index in [4.69, 9.17) is 16.0 Å². The van der Waals surface area contributed by atoms with Crippen molar-refractivity contribution in [3.05, 3.63) is 46.7 Å². The molecule has 2 aromatic heterocycles. The largest absolute Gasteiger partial charge is 0.373 e. The van der Waals surface area contributed by atoms with E-state index in [1.165, 1.54) is 16.2 Å². The Hall–Kier alpha value is -3.08. The number of nitrogens with zero attached hydrogens (tertiary/aromatic N) is 3. The van der Waals surface area contributed by atoms with E-state index in [1.54, 1.807) is 13.1 Å². The quantitative estimate of drug-likeness (QED) is 0.566. The first-order valence-corrected chi connectivity index (χ1v) is 9.70. The van der Waals surface area contributed by atoms with E-state index >= 15 is 0 Å². The summed E-state index contributed by atoms with van der Waals surface area (Å²) in [6.07, 6.45) is 0.244. The Balaban J connectivity index is 1.68. The zero-order valence-electron chi connectivity index (χ0n) is 15.6. The van der Waals surface area contributed by atoms with Crippen LogP contribution in [0.1, 0.15) is 27.5 Å². The number of carbonyl (C=O) groups is 2. The maximum atomic E-state index is 12.3. The second-order valence-corrected chi connectivity index (χ2v) is 7.94. The number of likely N-dealkylation sites (tertiary alicyclic amines) is 1. The molecule has 4 rings (SSSR count). The van der Waals surface area contributed by atoms with E-state index in [0.29, 0.717) is 27.7 Å². The van der Waals surface area contributed by atoms with Crippen molar-refractivity contribution in [3.8, 4) is 21.8 Å². The zero-order chi connectivity index (χ0) is 20.8. The highest BCUT2D eigenvalue weighted by atomic mass is 32.1. The molecule has 5 N–H and O–H groups in total. The Bertz CT molecular complexity index is 1110. The highest BCUT2D eigenvalue weighted by Gasteiger charge is 2.48. The first-order valence-electron chi connectivity index (χ1n) is 8.89. The Morgan fingerprint density at radius 2 is 2.14 bits per heavy atom. The smallest absolute Gasteiger partial charge is 0.268 e. The third-order valence-electron chi connectivity index (χ3n) is 4.95. The Morgan fingerprint density at radius 3 is 2.76 bits per heavy atom. The van der Waals surface area contributed by atoms with Crippen molar-refractivity contribution in [1.82, 2.24) is 15.0 Å². The van der Waals surface area contributed by atoms with Gasteiger partial charge in [0.2, 0.25) is 5.60 Å². The summed E-state index contributed by atoms with van der Waals surface area (Å²) in [5.41, 5.74) is 11.5. The van der Waals surface area contributed by atoms with Gasteiger partial charge in [-0.1, -0.05) is 23.4 Å². The number of hydrogen-bond acceptors (Lipinski definition) is 8. The lowest BCUT2D eigenvalue weighted by Gasteiger charge is -2.16. The predicted molar refractivity (Wildman–Crippen MR) is 106 cm³/mol. The van der Waals surface area contributed by atoms with Crippen molar-refractivity contribution in [2.75, 3.05) is 13.6 Å². The minimum atomic E-state index is -1.70. The molecule has 150 valence electrons. The monoisotopic (exact) mass is 413 g/mol. The van der Waals surface area contributed by atoms with E-state index < -0.39 is 17.4 Å². The van der Waals surface area contributed by atoms with Gasteiger partial charge in [-0.25, -0.2) is 4.98 Å². The normalized spacial score (nSPS) is 19.1. The van der Waals surface area contributed by atoms with Crippen LogP contribution in [0.3, 0.4) is 0 Å². The van der Waals surface area contributed by atoms with Crippen molar-refractivity contribution in [3.63, 3.8) is 0 Å². The summed E-state index contributed by atoms with van der Waals surface area (Å²) in [6.45, 7) is 0.611. The second-order valence-electron chi connectivity index (χ2n) is 6.85. The van der Waals surface area contributed by atoms with Gasteiger partial charge in [-0.05, 0) is 6.07 Å². The summed E-state index contributed by atoms with van der Waals surface area (Å²) >= 11 is 1.30. The summed E-state index contributed by atoms with van der Waals surface area (Å²) in [5, 5.41) is 15.3. The summed E-state index contributed by atoms with van der Waals surface area (Å²) in [6, 6.07) is 8.88. The molecule has 1 saturated heterocycles. The summed E-state index contributed by atoms with van der Waals surface area (Å²) in [4.78, 5) is 30.2. The van der Waals surface area contributed by atoms with Crippen molar-refractivity contribution < 1.29 is 19.2 Å². The molecule has 0 spiro atoms. The Labute approximate surface area is 169 Å². The standard InChI is InChI=1S/C19H19N5O4S/c1-24-6-5-19(27,18(24)26)14-8-12(23-28-14)10-3-2-4-11(7-10)17-22-15(16(21)25)13(9-20)29-17/h2-4,7-8,27H,5-6,9,20H2,1H3,(H2,21,25)/t19-/m1/s1. The maximum absolute atomic E-state index is 12.3. The van der Waals surface area contributed by atoms with Crippen LogP contribution in [-0.2, 0) is 16.9 Å². The molecule has 0 bridgehead atoms. The van der Waals surface area contributed by atoms with Gasteiger partial charge < -0.3 is 26.0 Å². The highest BCUT2D eigenvalue weighted by molar-refractivity contribution is 7.15. The highest BCUT2D eigenvalue weighted by Crippen LogP contribution is 2.36. The molecule has 10 heteroatoms. The fraction of sp³-hybridized carbons (Fsp3) is 0.263. The van der Waals surface area contributed by atoms with Crippen LogP contribution in [0.2, 0.25) is 0 Å². The SMILES string of the molecule is CN1CC[C@@](O)(c2cc(-c3cccc(-c4nc(C(N)=O)c(CN)s4)c3)no2)C1=O. The fourth-order valence-corrected chi connectivity index (χ4v) is 4.25. The van der Waals surface area contributed by atoms with Gasteiger partial charge in [-0.2, -0.15) is 0 Å². The summed E-state index contributed by atoms with van der Waals surface area (Å²) in [5.74, 6) is -0.919. The summed E-state index contributed by atoms with van der Waals surface area (Å²) < 4.78 is 5.30. The second kappa shape index (κ2) is 7.07. The third kappa shape index (κ3) is 3.20. The lowest BCUT2D eigenvalue weighted by molar-refractivity contribution is -0.144. The van der Waals surface area contributed by atoms with Gasteiger partial charge in [0.05, 0.1) is 4.88 Å². The number of thiazole rings is 1.